The number of ether oxygens (including phenoxy) is 1. The molecule has 1 aliphatic carbocycles. The Bertz CT molecular complexity index is 390. The van der Waals surface area contributed by atoms with Gasteiger partial charge in [-0.2, -0.15) is 4.37 Å². The molecule has 5 nitrogen and oxygen atoms in total. The second kappa shape index (κ2) is 5.44. The second-order valence-corrected chi connectivity index (χ2v) is 4.92. The lowest BCUT2D eigenvalue weighted by Gasteiger charge is -2.13. The van der Waals surface area contributed by atoms with Gasteiger partial charge >= 0.3 is 5.97 Å². The van der Waals surface area contributed by atoms with Crippen LogP contribution in [-0.4, -0.2) is 35.5 Å². The van der Waals surface area contributed by atoms with E-state index < -0.39 is 0 Å². The number of anilines is 1. The maximum Gasteiger partial charge on any atom is 0.307 e. The van der Waals surface area contributed by atoms with Gasteiger partial charge in [-0.05, 0) is 19.8 Å². The van der Waals surface area contributed by atoms with E-state index in [0.29, 0.717) is 25.5 Å². The summed E-state index contributed by atoms with van der Waals surface area (Å²) in [6.07, 6.45) is 2.81. The zero-order chi connectivity index (χ0) is 12.3. The van der Waals surface area contributed by atoms with Gasteiger partial charge in [-0.15, -0.1) is 0 Å². The van der Waals surface area contributed by atoms with Crippen LogP contribution in [0.4, 0.5) is 5.13 Å². The fourth-order valence-corrected chi connectivity index (χ4v) is 2.21. The Labute approximate surface area is 105 Å². The highest BCUT2D eigenvalue weighted by atomic mass is 32.1. The maximum atomic E-state index is 11.2. The third kappa shape index (κ3) is 3.39. The molecule has 0 radical (unpaired) electrons. The highest BCUT2D eigenvalue weighted by Gasteiger charge is 2.28. The Morgan fingerprint density at radius 1 is 1.59 bits per heavy atom. The molecule has 2 rings (SSSR count). The van der Waals surface area contributed by atoms with Crippen molar-refractivity contribution < 1.29 is 9.53 Å². The molecular formula is C11H17N3O2S. The standard InChI is InChI=1S/C11H17N3O2S/c1-3-16-9(15)6-7-14(2)11-12-10(13-17-11)8-4-5-8/h8H,3-7H2,1-2H3. The van der Waals surface area contributed by atoms with Gasteiger partial charge in [0.1, 0.15) is 5.82 Å². The van der Waals surface area contributed by atoms with Gasteiger partial charge in [-0.3, -0.25) is 4.79 Å². The van der Waals surface area contributed by atoms with E-state index in [1.54, 1.807) is 0 Å². The van der Waals surface area contributed by atoms with Crippen LogP contribution in [0.5, 0.6) is 0 Å². The molecule has 1 aliphatic rings. The third-order valence-electron chi connectivity index (χ3n) is 2.66. The molecule has 1 aromatic rings. The summed E-state index contributed by atoms with van der Waals surface area (Å²) < 4.78 is 9.22. The molecule has 1 saturated carbocycles. The Balaban J connectivity index is 1.81. The molecule has 0 bridgehead atoms. The van der Waals surface area contributed by atoms with E-state index in [1.807, 2.05) is 18.9 Å². The molecule has 0 amide bonds. The van der Waals surface area contributed by atoms with E-state index in [2.05, 4.69) is 9.36 Å². The molecule has 94 valence electrons. The van der Waals surface area contributed by atoms with E-state index in [9.17, 15) is 4.79 Å². The first-order chi connectivity index (χ1) is 8.20. The Morgan fingerprint density at radius 2 is 2.35 bits per heavy atom. The average molecular weight is 255 g/mol. The van der Waals surface area contributed by atoms with Crippen LogP contribution in [0.2, 0.25) is 0 Å². The monoisotopic (exact) mass is 255 g/mol. The van der Waals surface area contributed by atoms with Crippen molar-refractivity contribution in [2.75, 3.05) is 25.1 Å². The smallest absolute Gasteiger partial charge is 0.307 e. The van der Waals surface area contributed by atoms with Gasteiger partial charge in [0, 0.05) is 31.0 Å². The highest BCUT2D eigenvalue weighted by molar-refractivity contribution is 7.09. The van der Waals surface area contributed by atoms with Crippen molar-refractivity contribution in [3.8, 4) is 0 Å². The van der Waals surface area contributed by atoms with Crippen molar-refractivity contribution in [1.29, 1.82) is 0 Å². The van der Waals surface area contributed by atoms with Gasteiger partial charge in [0.05, 0.1) is 13.0 Å². The Kier molecular flexibility index (Phi) is 3.93. The van der Waals surface area contributed by atoms with Crippen molar-refractivity contribution in [3.05, 3.63) is 5.82 Å². The third-order valence-corrected chi connectivity index (χ3v) is 3.50. The number of rotatable bonds is 6. The van der Waals surface area contributed by atoms with Crippen molar-refractivity contribution >= 4 is 22.6 Å². The van der Waals surface area contributed by atoms with Crippen LogP contribution >= 0.6 is 11.5 Å². The van der Waals surface area contributed by atoms with Crippen LogP contribution in [0, 0.1) is 0 Å². The van der Waals surface area contributed by atoms with Crippen LogP contribution in [0.25, 0.3) is 0 Å². The fourth-order valence-electron chi connectivity index (χ4n) is 1.48. The number of esters is 1. The predicted octanol–water partition coefficient (Wildman–Crippen LogP) is 1.80. The summed E-state index contributed by atoms with van der Waals surface area (Å²) in [5, 5.41) is 0.885. The molecule has 0 unspecified atom stereocenters. The topological polar surface area (TPSA) is 55.3 Å². The van der Waals surface area contributed by atoms with Crippen LogP contribution in [0.15, 0.2) is 0 Å². The van der Waals surface area contributed by atoms with Crippen LogP contribution < -0.4 is 4.90 Å². The second-order valence-electron chi connectivity index (χ2n) is 4.19. The SMILES string of the molecule is CCOC(=O)CCN(C)c1nc(C2CC2)ns1. The van der Waals surface area contributed by atoms with Gasteiger partial charge in [0.15, 0.2) is 0 Å². The van der Waals surface area contributed by atoms with Gasteiger partial charge in [-0.1, -0.05) is 0 Å². The van der Waals surface area contributed by atoms with Gasteiger partial charge < -0.3 is 9.64 Å². The van der Waals surface area contributed by atoms with E-state index in [4.69, 9.17) is 4.74 Å². The zero-order valence-corrected chi connectivity index (χ0v) is 11.0. The van der Waals surface area contributed by atoms with Crippen LogP contribution in [0.1, 0.15) is 37.9 Å². The summed E-state index contributed by atoms with van der Waals surface area (Å²) >= 11 is 1.40. The van der Waals surface area contributed by atoms with Gasteiger partial charge in [0.25, 0.3) is 0 Å². The fraction of sp³-hybridized carbons (Fsp3) is 0.727. The first-order valence-corrected chi connectivity index (χ1v) is 6.68. The maximum absolute atomic E-state index is 11.2. The van der Waals surface area contributed by atoms with Crippen molar-refractivity contribution in [3.63, 3.8) is 0 Å². The number of nitrogens with zero attached hydrogens (tertiary/aromatic N) is 3. The van der Waals surface area contributed by atoms with E-state index in [-0.39, 0.29) is 5.97 Å². The summed E-state index contributed by atoms with van der Waals surface area (Å²) in [7, 11) is 1.93. The number of carbonyl (C=O) groups is 1. The average Bonchev–Trinajstić information content (AvgIpc) is 3.05. The minimum Gasteiger partial charge on any atom is -0.466 e. The normalized spacial score (nSPS) is 14.7. The van der Waals surface area contributed by atoms with Crippen molar-refractivity contribution in [2.45, 2.75) is 32.1 Å². The zero-order valence-electron chi connectivity index (χ0n) is 10.2. The lowest BCUT2D eigenvalue weighted by Crippen LogP contribution is -2.21. The summed E-state index contributed by atoms with van der Waals surface area (Å²) in [5.74, 6) is 1.39. The van der Waals surface area contributed by atoms with Gasteiger partial charge in [-0.25, -0.2) is 4.98 Å². The number of hydrogen-bond acceptors (Lipinski definition) is 6. The summed E-state index contributed by atoms with van der Waals surface area (Å²) in [6.45, 7) is 2.87. The number of aromatic nitrogens is 2. The Morgan fingerprint density at radius 3 is 3.00 bits per heavy atom. The minimum absolute atomic E-state index is 0.161. The molecule has 0 aliphatic heterocycles. The van der Waals surface area contributed by atoms with E-state index >= 15 is 0 Å². The van der Waals surface area contributed by atoms with Crippen LogP contribution in [-0.2, 0) is 9.53 Å². The highest BCUT2D eigenvalue weighted by Crippen LogP contribution is 2.39. The summed E-state index contributed by atoms with van der Waals surface area (Å²) in [5.41, 5.74) is 0. The number of hydrogen-bond donors (Lipinski definition) is 0. The van der Waals surface area contributed by atoms with Crippen molar-refractivity contribution in [2.24, 2.45) is 0 Å². The lowest BCUT2D eigenvalue weighted by molar-refractivity contribution is -0.142. The first-order valence-electron chi connectivity index (χ1n) is 5.91. The molecule has 1 fully saturated rings. The molecule has 17 heavy (non-hydrogen) atoms. The minimum atomic E-state index is -0.161. The molecule has 0 N–H and O–H groups in total. The van der Waals surface area contributed by atoms with E-state index in [0.717, 1.165) is 11.0 Å². The first kappa shape index (κ1) is 12.3. The quantitative estimate of drug-likeness (QED) is 0.726. The molecule has 0 spiro atoms. The lowest BCUT2D eigenvalue weighted by atomic mass is 10.4. The largest absolute Gasteiger partial charge is 0.466 e. The number of carbonyl (C=O) groups excluding carboxylic acids is 1. The molecule has 0 saturated heterocycles. The van der Waals surface area contributed by atoms with Gasteiger partial charge in [0.2, 0.25) is 5.13 Å². The van der Waals surface area contributed by atoms with E-state index in [1.165, 1.54) is 24.4 Å². The Hall–Kier alpha value is -1.17. The molecule has 6 heteroatoms. The summed E-state index contributed by atoms with van der Waals surface area (Å²) in [6, 6.07) is 0. The molecule has 1 heterocycles. The summed E-state index contributed by atoms with van der Waals surface area (Å²) in [4.78, 5) is 17.7. The predicted molar refractivity (Wildman–Crippen MR) is 66.4 cm³/mol. The molecule has 0 atom stereocenters. The van der Waals surface area contributed by atoms with Crippen LogP contribution in [0.3, 0.4) is 0 Å². The molecule has 1 aromatic heterocycles. The van der Waals surface area contributed by atoms with Crippen molar-refractivity contribution in [1.82, 2.24) is 9.36 Å². The molecular weight excluding hydrogens is 238 g/mol. The molecule has 0 aromatic carbocycles.